The smallest absolute Gasteiger partial charge is 0.408 e. The van der Waals surface area contributed by atoms with Crippen molar-refractivity contribution in [1.29, 1.82) is 0 Å². The van der Waals surface area contributed by atoms with Gasteiger partial charge in [0.25, 0.3) is 5.91 Å². The molecule has 0 fully saturated rings. The molecule has 9 heteroatoms. The predicted octanol–water partition coefficient (Wildman–Crippen LogP) is 3.59. The molecule has 2 atom stereocenters. The van der Waals surface area contributed by atoms with Gasteiger partial charge in [-0.15, -0.1) is 0 Å². The van der Waals surface area contributed by atoms with Crippen molar-refractivity contribution in [3.8, 4) is 0 Å². The molecular formula is C29H37N3O6. The lowest BCUT2D eigenvalue weighted by molar-refractivity contribution is -0.146. The van der Waals surface area contributed by atoms with Gasteiger partial charge >= 0.3 is 12.1 Å². The Hall–Kier alpha value is -4.14. The molecule has 0 saturated carbocycles. The topological polar surface area (TPSA) is 123 Å². The Balaban J connectivity index is 2.37. The molecule has 0 bridgehead atoms. The van der Waals surface area contributed by atoms with E-state index in [-0.39, 0.29) is 18.0 Å². The molecule has 0 spiro atoms. The predicted molar refractivity (Wildman–Crippen MR) is 145 cm³/mol. The lowest BCUT2D eigenvalue weighted by Gasteiger charge is -2.24. The van der Waals surface area contributed by atoms with Crippen LogP contribution >= 0.6 is 0 Å². The summed E-state index contributed by atoms with van der Waals surface area (Å²) in [6.45, 7) is 8.69. The van der Waals surface area contributed by atoms with Gasteiger partial charge in [0.05, 0.1) is 7.11 Å². The van der Waals surface area contributed by atoms with Crippen LogP contribution in [0.4, 0.5) is 4.79 Å². The number of hydrogen-bond acceptors (Lipinski definition) is 6. The maximum Gasteiger partial charge on any atom is 0.408 e. The number of benzene rings is 2. The van der Waals surface area contributed by atoms with Crippen molar-refractivity contribution in [2.45, 2.75) is 58.7 Å². The van der Waals surface area contributed by atoms with Gasteiger partial charge in [-0.2, -0.15) is 0 Å². The van der Waals surface area contributed by atoms with Crippen LogP contribution in [0.3, 0.4) is 0 Å². The molecule has 38 heavy (non-hydrogen) atoms. The van der Waals surface area contributed by atoms with Crippen molar-refractivity contribution < 1.29 is 28.7 Å². The van der Waals surface area contributed by atoms with E-state index >= 15 is 0 Å². The van der Waals surface area contributed by atoms with Crippen molar-refractivity contribution in [1.82, 2.24) is 16.0 Å². The van der Waals surface area contributed by atoms with E-state index in [0.717, 1.165) is 5.56 Å². The minimum atomic E-state index is -1.05. The Bertz CT molecular complexity index is 1120. The monoisotopic (exact) mass is 523 g/mol. The van der Waals surface area contributed by atoms with Crippen LogP contribution < -0.4 is 16.0 Å². The molecular weight excluding hydrogens is 486 g/mol. The highest BCUT2D eigenvalue weighted by molar-refractivity contribution is 6.03. The molecule has 2 rings (SSSR count). The Morgan fingerprint density at radius 3 is 2.00 bits per heavy atom. The number of amides is 3. The lowest BCUT2D eigenvalue weighted by atomic mass is 10.0. The molecule has 3 amide bonds. The van der Waals surface area contributed by atoms with Crippen LogP contribution in [0.15, 0.2) is 66.4 Å². The average Bonchev–Trinajstić information content (AvgIpc) is 2.85. The molecule has 9 nitrogen and oxygen atoms in total. The third-order valence-electron chi connectivity index (χ3n) is 5.31. The molecule has 0 aliphatic heterocycles. The second-order valence-electron chi connectivity index (χ2n) is 10.1. The number of carbonyl (C=O) groups is 4. The van der Waals surface area contributed by atoms with Gasteiger partial charge in [0.15, 0.2) is 0 Å². The number of esters is 1. The number of alkyl carbamates (subject to hydrolysis) is 1. The fraction of sp³-hybridized carbons (Fsp3) is 0.379. The van der Waals surface area contributed by atoms with Gasteiger partial charge in [-0.1, -0.05) is 74.5 Å². The van der Waals surface area contributed by atoms with Crippen LogP contribution in [-0.2, 0) is 30.3 Å². The fourth-order valence-corrected chi connectivity index (χ4v) is 3.45. The molecule has 0 heterocycles. The third-order valence-corrected chi connectivity index (χ3v) is 5.31. The first-order valence-corrected chi connectivity index (χ1v) is 12.4. The lowest BCUT2D eigenvalue weighted by Crippen LogP contribution is -2.52. The van der Waals surface area contributed by atoms with E-state index in [0.29, 0.717) is 5.56 Å². The van der Waals surface area contributed by atoms with E-state index in [4.69, 9.17) is 9.47 Å². The first-order chi connectivity index (χ1) is 17.9. The average molecular weight is 524 g/mol. The molecule has 2 aromatic rings. The summed E-state index contributed by atoms with van der Waals surface area (Å²) in [5.74, 6) is -2.18. The highest BCUT2D eigenvalue weighted by Gasteiger charge is 2.29. The summed E-state index contributed by atoms with van der Waals surface area (Å²) in [4.78, 5) is 51.5. The standard InChI is InChI=1S/C29H37N3O6/c1-19(2)24(27(35)37-6)32-26(34)22(17-20-13-9-7-10-14-20)30-25(33)23(18-21-15-11-8-12-16-21)31-28(36)38-29(3,4)5/h7-17,19,23-24H,18H2,1-6H3,(H,30,33)(H,31,36)(H,32,34)/b22-17-/t23-,24-/m0/s1. The van der Waals surface area contributed by atoms with Gasteiger partial charge in [-0.05, 0) is 43.9 Å². The van der Waals surface area contributed by atoms with Crippen LogP contribution in [0, 0.1) is 5.92 Å². The maximum absolute atomic E-state index is 13.5. The first kappa shape index (κ1) is 30.1. The molecule has 0 aliphatic rings. The van der Waals surface area contributed by atoms with Gasteiger partial charge in [-0.25, -0.2) is 9.59 Å². The third kappa shape index (κ3) is 10.1. The van der Waals surface area contributed by atoms with Gasteiger partial charge in [0.2, 0.25) is 5.91 Å². The summed E-state index contributed by atoms with van der Waals surface area (Å²) >= 11 is 0. The number of nitrogens with one attached hydrogen (secondary N) is 3. The Morgan fingerprint density at radius 1 is 0.895 bits per heavy atom. The van der Waals surface area contributed by atoms with Gasteiger partial charge in [0, 0.05) is 6.42 Å². The summed E-state index contributed by atoms with van der Waals surface area (Å²) in [6.07, 6.45) is 0.884. The summed E-state index contributed by atoms with van der Waals surface area (Å²) < 4.78 is 10.2. The Morgan fingerprint density at radius 2 is 1.47 bits per heavy atom. The van der Waals surface area contributed by atoms with E-state index in [1.807, 2.05) is 36.4 Å². The SMILES string of the molecule is COC(=O)[C@@H](NC(=O)/C(=C/c1ccccc1)NC(=O)[C@H](Cc1ccccc1)NC(=O)OC(C)(C)C)C(C)C. The van der Waals surface area contributed by atoms with Crippen molar-refractivity contribution in [3.63, 3.8) is 0 Å². The second kappa shape index (κ2) is 14.0. The van der Waals surface area contributed by atoms with Gasteiger partial charge in [0.1, 0.15) is 23.4 Å². The quantitative estimate of drug-likeness (QED) is 0.323. The fourth-order valence-electron chi connectivity index (χ4n) is 3.45. The van der Waals surface area contributed by atoms with Crippen LogP contribution in [0.25, 0.3) is 6.08 Å². The van der Waals surface area contributed by atoms with E-state index in [1.165, 1.54) is 13.2 Å². The normalized spacial score (nSPS) is 13.2. The summed E-state index contributed by atoms with van der Waals surface area (Å²) in [6, 6.07) is 16.1. The molecule has 204 valence electrons. The number of carbonyl (C=O) groups excluding carboxylic acids is 4. The Labute approximate surface area is 224 Å². The molecule has 0 saturated heterocycles. The van der Waals surface area contributed by atoms with Crippen LogP contribution in [0.1, 0.15) is 45.7 Å². The minimum Gasteiger partial charge on any atom is -0.467 e. The van der Waals surface area contributed by atoms with Crippen LogP contribution in [0.2, 0.25) is 0 Å². The largest absolute Gasteiger partial charge is 0.467 e. The molecule has 0 radical (unpaired) electrons. The zero-order valence-corrected chi connectivity index (χ0v) is 22.7. The molecule has 0 aromatic heterocycles. The minimum absolute atomic E-state index is 0.0974. The summed E-state index contributed by atoms with van der Waals surface area (Å²) in [5.41, 5.74) is 0.583. The number of hydrogen-bond donors (Lipinski definition) is 3. The molecule has 2 aromatic carbocycles. The number of ether oxygens (including phenoxy) is 2. The summed E-state index contributed by atoms with van der Waals surface area (Å²) in [7, 11) is 1.24. The molecule has 0 unspecified atom stereocenters. The maximum atomic E-state index is 13.5. The second-order valence-corrected chi connectivity index (χ2v) is 10.1. The molecule has 3 N–H and O–H groups in total. The van der Waals surface area contributed by atoms with E-state index in [9.17, 15) is 19.2 Å². The van der Waals surface area contributed by atoms with Gasteiger partial charge in [-0.3, -0.25) is 9.59 Å². The van der Waals surface area contributed by atoms with Crippen molar-refractivity contribution >= 4 is 30.0 Å². The van der Waals surface area contributed by atoms with Crippen molar-refractivity contribution in [2.75, 3.05) is 7.11 Å². The van der Waals surface area contributed by atoms with Gasteiger partial charge < -0.3 is 25.4 Å². The van der Waals surface area contributed by atoms with E-state index < -0.39 is 41.6 Å². The highest BCUT2D eigenvalue weighted by atomic mass is 16.6. The zero-order chi connectivity index (χ0) is 28.3. The zero-order valence-electron chi connectivity index (χ0n) is 22.7. The highest BCUT2D eigenvalue weighted by Crippen LogP contribution is 2.12. The summed E-state index contributed by atoms with van der Waals surface area (Å²) in [5, 5.41) is 7.90. The van der Waals surface area contributed by atoms with E-state index in [2.05, 4.69) is 16.0 Å². The van der Waals surface area contributed by atoms with Crippen molar-refractivity contribution in [2.24, 2.45) is 5.92 Å². The Kier molecular flexibility index (Phi) is 11.1. The number of methoxy groups -OCH3 is 1. The van der Waals surface area contributed by atoms with Crippen molar-refractivity contribution in [3.05, 3.63) is 77.5 Å². The van der Waals surface area contributed by atoms with Crippen LogP contribution in [-0.4, -0.2) is 48.7 Å². The van der Waals surface area contributed by atoms with Crippen LogP contribution in [0.5, 0.6) is 0 Å². The molecule has 0 aliphatic carbocycles. The first-order valence-electron chi connectivity index (χ1n) is 12.4. The van der Waals surface area contributed by atoms with E-state index in [1.54, 1.807) is 58.9 Å². The number of rotatable bonds is 10.